The summed E-state index contributed by atoms with van der Waals surface area (Å²) in [5, 5.41) is 7.20. The van der Waals surface area contributed by atoms with Gasteiger partial charge < -0.3 is 4.90 Å². The molecule has 2 aliphatic rings. The number of aromatic amines is 1. The lowest BCUT2D eigenvalue weighted by Gasteiger charge is -2.20. The summed E-state index contributed by atoms with van der Waals surface area (Å²) < 4.78 is 1.03. The second-order valence-electron chi connectivity index (χ2n) is 5.85. The maximum Gasteiger partial charge on any atom is 0.272 e. The molecule has 1 aromatic carbocycles. The summed E-state index contributed by atoms with van der Waals surface area (Å²) in [6, 6.07) is 10.7. The smallest absolute Gasteiger partial charge is 0.272 e. The molecule has 0 aliphatic carbocycles. The molecule has 1 amide bonds. The fourth-order valence-electron chi connectivity index (χ4n) is 3.58. The number of H-pyrrole nitrogens is 1. The van der Waals surface area contributed by atoms with Crippen LogP contribution in [0.5, 0.6) is 0 Å². The second-order valence-corrected chi connectivity index (χ2v) is 6.76. The van der Waals surface area contributed by atoms with E-state index in [9.17, 15) is 4.79 Å². The van der Waals surface area contributed by atoms with E-state index in [0.717, 1.165) is 41.4 Å². The molecule has 0 radical (unpaired) electrons. The molecule has 0 atom stereocenters. The lowest BCUT2D eigenvalue weighted by molar-refractivity contribution is 0.0724. The Kier molecular flexibility index (Phi) is 3.10. The highest BCUT2D eigenvalue weighted by Crippen LogP contribution is 2.38. The Morgan fingerprint density at radius 3 is 2.38 bits per heavy atom. The average molecular weight is 346 g/mol. The molecule has 21 heavy (non-hydrogen) atoms. The Morgan fingerprint density at radius 2 is 1.76 bits per heavy atom. The summed E-state index contributed by atoms with van der Waals surface area (Å²) in [5.41, 5.74) is 2.43. The van der Waals surface area contributed by atoms with E-state index in [1.54, 1.807) is 0 Å². The van der Waals surface area contributed by atoms with E-state index in [1.807, 2.05) is 30.3 Å². The monoisotopic (exact) mass is 345 g/mol. The summed E-state index contributed by atoms with van der Waals surface area (Å²) in [6.45, 7) is 0. The van der Waals surface area contributed by atoms with E-state index in [0.29, 0.717) is 17.8 Å². The molecule has 2 aromatic rings. The number of amides is 1. The van der Waals surface area contributed by atoms with Crippen LogP contribution in [0.15, 0.2) is 34.8 Å². The van der Waals surface area contributed by atoms with Gasteiger partial charge in [0.2, 0.25) is 0 Å². The Hall–Kier alpha value is -1.62. The molecule has 0 spiro atoms. The summed E-state index contributed by atoms with van der Waals surface area (Å²) in [4.78, 5) is 14.7. The number of nitrogens with one attached hydrogen (secondary N) is 1. The average Bonchev–Trinajstić information content (AvgIpc) is 3.23. The van der Waals surface area contributed by atoms with Gasteiger partial charge in [-0.05, 0) is 43.9 Å². The second kappa shape index (κ2) is 4.98. The molecular formula is C16H16BrN3O. The van der Waals surface area contributed by atoms with Crippen LogP contribution in [-0.4, -0.2) is 33.1 Å². The highest BCUT2D eigenvalue weighted by Gasteiger charge is 2.42. The van der Waals surface area contributed by atoms with Crippen LogP contribution < -0.4 is 0 Å². The van der Waals surface area contributed by atoms with Crippen LogP contribution in [0.2, 0.25) is 0 Å². The Morgan fingerprint density at radius 1 is 1.14 bits per heavy atom. The number of carbonyl (C=O) groups is 1. The molecule has 108 valence electrons. The maximum atomic E-state index is 12.7. The van der Waals surface area contributed by atoms with Crippen LogP contribution >= 0.6 is 15.9 Å². The minimum atomic E-state index is 0.107. The zero-order valence-corrected chi connectivity index (χ0v) is 13.1. The van der Waals surface area contributed by atoms with Crippen molar-refractivity contribution in [1.82, 2.24) is 15.1 Å². The molecule has 4 rings (SSSR count). The third-order valence-electron chi connectivity index (χ3n) is 4.64. The molecule has 2 fully saturated rings. The standard InChI is InChI=1S/C16H16BrN3O/c17-11-3-1-10(2-4-11)14-9-15(19-18-14)16(21)20-12-5-6-13(20)8-7-12/h1-4,9,12-13H,5-8H2,(H,18,19). The number of benzene rings is 1. The van der Waals surface area contributed by atoms with Gasteiger partial charge in [0.25, 0.3) is 5.91 Å². The minimum Gasteiger partial charge on any atom is -0.331 e. The van der Waals surface area contributed by atoms with E-state index in [2.05, 4.69) is 31.0 Å². The van der Waals surface area contributed by atoms with Crippen molar-refractivity contribution in [3.8, 4) is 11.3 Å². The fraction of sp³-hybridized carbons (Fsp3) is 0.375. The molecule has 0 unspecified atom stereocenters. The maximum absolute atomic E-state index is 12.7. The van der Waals surface area contributed by atoms with Crippen molar-refractivity contribution in [1.29, 1.82) is 0 Å². The zero-order chi connectivity index (χ0) is 14.4. The largest absolute Gasteiger partial charge is 0.331 e. The van der Waals surface area contributed by atoms with Crippen molar-refractivity contribution in [2.75, 3.05) is 0 Å². The summed E-state index contributed by atoms with van der Waals surface area (Å²) in [7, 11) is 0. The normalized spacial score (nSPS) is 23.8. The van der Waals surface area contributed by atoms with Gasteiger partial charge >= 0.3 is 0 Å². The number of nitrogens with zero attached hydrogens (tertiary/aromatic N) is 2. The molecule has 2 saturated heterocycles. The van der Waals surface area contributed by atoms with E-state index >= 15 is 0 Å². The predicted octanol–water partition coefficient (Wildman–Crippen LogP) is 3.61. The van der Waals surface area contributed by atoms with E-state index in [4.69, 9.17) is 0 Å². The molecule has 0 saturated carbocycles. The van der Waals surface area contributed by atoms with Crippen LogP contribution in [0.1, 0.15) is 36.2 Å². The summed E-state index contributed by atoms with van der Waals surface area (Å²) in [5.74, 6) is 0.107. The first kappa shape index (κ1) is 13.1. The third kappa shape index (κ3) is 2.20. The van der Waals surface area contributed by atoms with Crippen molar-refractivity contribution in [3.05, 3.63) is 40.5 Å². The van der Waals surface area contributed by atoms with Crippen molar-refractivity contribution in [2.45, 2.75) is 37.8 Å². The molecule has 4 nitrogen and oxygen atoms in total. The highest BCUT2D eigenvalue weighted by molar-refractivity contribution is 9.10. The Balaban J connectivity index is 1.59. The van der Waals surface area contributed by atoms with Gasteiger partial charge in [-0.1, -0.05) is 28.1 Å². The van der Waals surface area contributed by atoms with Gasteiger partial charge in [0.15, 0.2) is 0 Å². The number of carbonyl (C=O) groups excluding carboxylic acids is 1. The van der Waals surface area contributed by atoms with Gasteiger partial charge in [-0.15, -0.1) is 0 Å². The van der Waals surface area contributed by atoms with Gasteiger partial charge in [0.05, 0.1) is 5.69 Å². The SMILES string of the molecule is O=C(c1cc(-c2ccc(Br)cc2)n[nH]1)N1C2CCC1CC2. The number of fused-ring (bicyclic) bond motifs is 2. The molecular weight excluding hydrogens is 330 g/mol. The van der Waals surface area contributed by atoms with Crippen molar-refractivity contribution in [2.24, 2.45) is 0 Å². The van der Waals surface area contributed by atoms with Gasteiger partial charge in [-0.3, -0.25) is 9.89 Å². The van der Waals surface area contributed by atoms with Gasteiger partial charge in [-0.25, -0.2) is 0 Å². The van der Waals surface area contributed by atoms with Crippen LogP contribution in [0.4, 0.5) is 0 Å². The van der Waals surface area contributed by atoms with Crippen molar-refractivity contribution in [3.63, 3.8) is 0 Å². The first-order valence-electron chi connectivity index (χ1n) is 7.36. The number of halogens is 1. The van der Waals surface area contributed by atoms with Crippen molar-refractivity contribution < 1.29 is 4.79 Å². The fourth-order valence-corrected chi connectivity index (χ4v) is 3.85. The minimum absolute atomic E-state index is 0.107. The lowest BCUT2D eigenvalue weighted by atomic mass is 10.0. The van der Waals surface area contributed by atoms with Gasteiger partial charge in [-0.2, -0.15) is 5.10 Å². The van der Waals surface area contributed by atoms with Gasteiger partial charge in [0.1, 0.15) is 5.69 Å². The number of rotatable bonds is 2. The number of hydrogen-bond acceptors (Lipinski definition) is 2. The van der Waals surface area contributed by atoms with E-state index < -0.39 is 0 Å². The summed E-state index contributed by atoms with van der Waals surface area (Å²) >= 11 is 3.42. The predicted molar refractivity (Wildman–Crippen MR) is 83.9 cm³/mol. The molecule has 1 aromatic heterocycles. The van der Waals surface area contributed by atoms with Crippen LogP contribution in [0, 0.1) is 0 Å². The van der Waals surface area contributed by atoms with E-state index in [-0.39, 0.29) is 5.91 Å². The first-order valence-corrected chi connectivity index (χ1v) is 8.16. The highest BCUT2D eigenvalue weighted by atomic mass is 79.9. The topological polar surface area (TPSA) is 49.0 Å². The Labute approximate surface area is 131 Å². The zero-order valence-electron chi connectivity index (χ0n) is 11.6. The lowest BCUT2D eigenvalue weighted by Crippen LogP contribution is -2.35. The van der Waals surface area contributed by atoms with Crippen LogP contribution in [-0.2, 0) is 0 Å². The quantitative estimate of drug-likeness (QED) is 0.903. The summed E-state index contributed by atoms with van der Waals surface area (Å²) in [6.07, 6.45) is 4.63. The molecule has 2 aliphatic heterocycles. The molecule has 5 heteroatoms. The molecule has 1 N–H and O–H groups in total. The number of hydrogen-bond donors (Lipinski definition) is 1. The first-order chi connectivity index (χ1) is 10.2. The number of aromatic nitrogens is 2. The van der Waals surface area contributed by atoms with Crippen molar-refractivity contribution >= 4 is 21.8 Å². The third-order valence-corrected chi connectivity index (χ3v) is 5.16. The van der Waals surface area contributed by atoms with Crippen LogP contribution in [0.3, 0.4) is 0 Å². The van der Waals surface area contributed by atoms with E-state index in [1.165, 1.54) is 0 Å². The van der Waals surface area contributed by atoms with Crippen LogP contribution in [0.25, 0.3) is 11.3 Å². The Bertz CT molecular complexity index is 659. The molecule has 2 bridgehead atoms. The molecule has 3 heterocycles. The van der Waals surface area contributed by atoms with Gasteiger partial charge in [0, 0.05) is 22.1 Å².